The summed E-state index contributed by atoms with van der Waals surface area (Å²) in [6, 6.07) is 3.69. The van der Waals surface area contributed by atoms with E-state index in [2.05, 4.69) is 0 Å². The van der Waals surface area contributed by atoms with Crippen LogP contribution >= 0.6 is 0 Å². The van der Waals surface area contributed by atoms with Crippen molar-refractivity contribution in [3.63, 3.8) is 0 Å². The molecule has 0 saturated heterocycles. The van der Waals surface area contributed by atoms with E-state index in [1.165, 1.54) is 30.0 Å². The van der Waals surface area contributed by atoms with Crippen LogP contribution in [0.1, 0.15) is 33.1 Å². The van der Waals surface area contributed by atoms with Crippen LogP contribution in [0.5, 0.6) is 0 Å². The largest absolute Gasteiger partial charge is 0.481 e. The van der Waals surface area contributed by atoms with Gasteiger partial charge in [0.05, 0.1) is 5.92 Å². The summed E-state index contributed by atoms with van der Waals surface area (Å²) < 4.78 is 27.7. The van der Waals surface area contributed by atoms with Gasteiger partial charge in [-0.1, -0.05) is 32.8 Å². The van der Waals surface area contributed by atoms with Crippen molar-refractivity contribution in [3.05, 3.63) is 29.8 Å². The van der Waals surface area contributed by atoms with Crippen LogP contribution < -0.4 is 4.90 Å². The lowest BCUT2D eigenvalue weighted by Gasteiger charge is -2.27. The molecule has 0 aromatic heterocycles. The summed E-state index contributed by atoms with van der Waals surface area (Å²) in [6.07, 6.45) is 2.70. The van der Waals surface area contributed by atoms with Crippen LogP contribution in [0.3, 0.4) is 0 Å². The van der Waals surface area contributed by atoms with E-state index < -0.39 is 23.5 Å². The zero-order valence-corrected chi connectivity index (χ0v) is 11.9. The summed E-state index contributed by atoms with van der Waals surface area (Å²) in [7, 11) is 0. The third-order valence-electron chi connectivity index (χ3n) is 3.20. The first-order valence-corrected chi connectivity index (χ1v) is 6.89. The fraction of sp³-hybridized carbons (Fsp3) is 0.533. The molecule has 1 aromatic carbocycles. The molecule has 1 N–H and O–H groups in total. The van der Waals surface area contributed by atoms with Crippen molar-refractivity contribution in [2.75, 3.05) is 18.0 Å². The Morgan fingerprint density at radius 3 is 2.40 bits per heavy atom. The average molecular weight is 285 g/mol. The first-order valence-electron chi connectivity index (χ1n) is 6.89. The minimum absolute atomic E-state index is 0.0941. The third-order valence-corrected chi connectivity index (χ3v) is 3.20. The Kier molecular flexibility index (Phi) is 6.42. The van der Waals surface area contributed by atoms with Gasteiger partial charge in [-0.3, -0.25) is 4.79 Å². The van der Waals surface area contributed by atoms with E-state index >= 15 is 0 Å². The van der Waals surface area contributed by atoms with E-state index in [0.717, 1.165) is 19.3 Å². The van der Waals surface area contributed by atoms with Crippen LogP contribution in [0.25, 0.3) is 0 Å². The first kappa shape index (κ1) is 16.4. The lowest BCUT2D eigenvalue weighted by atomic mass is 10.1. The zero-order chi connectivity index (χ0) is 15.1. The SMILES string of the molecule is CCCCCN(CC(C)C(=O)O)c1c(F)cccc1F. The van der Waals surface area contributed by atoms with Crippen LogP contribution in [0.15, 0.2) is 18.2 Å². The highest BCUT2D eigenvalue weighted by atomic mass is 19.1. The molecule has 0 saturated carbocycles. The zero-order valence-electron chi connectivity index (χ0n) is 11.9. The minimum atomic E-state index is -0.970. The van der Waals surface area contributed by atoms with Crippen molar-refractivity contribution in [3.8, 4) is 0 Å². The molecule has 0 spiro atoms. The van der Waals surface area contributed by atoms with E-state index in [-0.39, 0.29) is 12.2 Å². The van der Waals surface area contributed by atoms with Crippen molar-refractivity contribution in [2.45, 2.75) is 33.1 Å². The smallest absolute Gasteiger partial charge is 0.308 e. The quantitative estimate of drug-likeness (QED) is 0.741. The van der Waals surface area contributed by atoms with E-state index in [1.807, 2.05) is 6.92 Å². The number of nitrogens with zero attached hydrogens (tertiary/aromatic N) is 1. The molecule has 0 fully saturated rings. The Hall–Kier alpha value is -1.65. The van der Waals surface area contributed by atoms with Crippen molar-refractivity contribution < 1.29 is 18.7 Å². The number of rotatable bonds is 8. The number of anilines is 1. The summed E-state index contributed by atoms with van der Waals surface area (Å²) in [5.74, 6) is -2.96. The standard InChI is InChI=1S/C15H21F2NO2/c1-3-4-5-9-18(10-11(2)15(19)20)14-12(16)7-6-8-13(14)17/h6-8,11H,3-5,9-10H2,1-2H3,(H,19,20). The van der Waals surface area contributed by atoms with Gasteiger partial charge < -0.3 is 10.0 Å². The van der Waals surface area contributed by atoms with Gasteiger partial charge >= 0.3 is 5.97 Å². The maximum Gasteiger partial charge on any atom is 0.308 e. The number of hydrogen-bond donors (Lipinski definition) is 1. The van der Waals surface area contributed by atoms with Gasteiger partial charge in [0.1, 0.15) is 17.3 Å². The Labute approximate surface area is 118 Å². The van der Waals surface area contributed by atoms with E-state index in [4.69, 9.17) is 5.11 Å². The molecule has 20 heavy (non-hydrogen) atoms. The summed E-state index contributed by atoms with van der Waals surface area (Å²) in [4.78, 5) is 12.5. The molecule has 0 heterocycles. The molecule has 0 bridgehead atoms. The predicted octanol–water partition coefficient (Wildman–Crippen LogP) is 3.68. The minimum Gasteiger partial charge on any atom is -0.481 e. The Bertz CT molecular complexity index is 431. The Balaban J connectivity index is 2.93. The molecule has 1 aromatic rings. The molecule has 0 aliphatic rings. The molecule has 3 nitrogen and oxygen atoms in total. The average Bonchev–Trinajstić information content (AvgIpc) is 2.38. The lowest BCUT2D eigenvalue weighted by Crippen LogP contribution is -2.34. The Morgan fingerprint density at radius 2 is 1.90 bits per heavy atom. The lowest BCUT2D eigenvalue weighted by molar-refractivity contribution is -0.140. The van der Waals surface area contributed by atoms with Gasteiger partial charge in [0.25, 0.3) is 0 Å². The number of hydrogen-bond acceptors (Lipinski definition) is 2. The van der Waals surface area contributed by atoms with Gasteiger partial charge in [-0.2, -0.15) is 0 Å². The highest BCUT2D eigenvalue weighted by Gasteiger charge is 2.21. The van der Waals surface area contributed by atoms with Crippen molar-refractivity contribution in [1.82, 2.24) is 0 Å². The molecular formula is C15H21F2NO2. The molecule has 0 aliphatic carbocycles. The molecule has 1 atom stereocenters. The van der Waals surface area contributed by atoms with Gasteiger partial charge in [-0.05, 0) is 18.6 Å². The first-order chi connectivity index (χ1) is 9.47. The fourth-order valence-electron chi connectivity index (χ4n) is 2.05. The predicted molar refractivity (Wildman–Crippen MR) is 74.9 cm³/mol. The molecule has 0 radical (unpaired) electrons. The Morgan fingerprint density at radius 1 is 1.30 bits per heavy atom. The molecule has 1 unspecified atom stereocenters. The number of para-hydroxylation sites is 1. The number of benzene rings is 1. The molecule has 5 heteroatoms. The molecule has 1 rings (SSSR count). The van der Waals surface area contributed by atoms with Crippen LogP contribution in [-0.2, 0) is 4.79 Å². The van der Waals surface area contributed by atoms with E-state index in [0.29, 0.717) is 6.54 Å². The topological polar surface area (TPSA) is 40.5 Å². The number of carboxylic acid groups (broad SMARTS) is 1. The summed E-state index contributed by atoms with van der Waals surface area (Å²) in [6.45, 7) is 4.11. The number of halogens is 2. The molecule has 0 amide bonds. The fourth-order valence-corrected chi connectivity index (χ4v) is 2.05. The van der Waals surface area contributed by atoms with Gasteiger partial charge in [-0.25, -0.2) is 8.78 Å². The number of unbranched alkanes of at least 4 members (excludes halogenated alkanes) is 2. The summed E-state index contributed by atoms with van der Waals surface area (Å²) >= 11 is 0. The second-order valence-corrected chi connectivity index (χ2v) is 4.96. The van der Waals surface area contributed by atoms with Gasteiger partial charge in [0.2, 0.25) is 0 Å². The van der Waals surface area contributed by atoms with Crippen LogP contribution in [-0.4, -0.2) is 24.2 Å². The molecule has 112 valence electrons. The van der Waals surface area contributed by atoms with Crippen molar-refractivity contribution in [1.29, 1.82) is 0 Å². The second kappa shape index (κ2) is 7.82. The van der Waals surface area contributed by atoms with Crippen LogP contribution in [0.4, 0.5) is 14.5 Å². The number of carbonyl (C=O) groups is 1. The third kappa shape index (κ3) is 4.47. The normalized spacial score (nSPS) is 12.2. The monoisotopic (exact) mass is 285 g/mol. The summed E-state index contributed by atoms with van der Waals surface area (Å²) in [5, 5.41) is 8.97. The van der Waals surface area contributed by atoms with Gasteiger partial charge in [0.15, 0.2) is 0 Å². The van der Waals surface area contributed by atoms with Gasteiger partial charge in [0, 0.05) is 13.1 Å². The highest BCUT2D eigenvalue weighted by molar-refractivity contribution is 5.70. The second-order valence-electron chi connectivity index (χ2n) is 4.96. The number of carboxylic acids is 1. The maximum atomic E-state index is 13.8. The maximum absolute atomic E-state index is 13.8. The van der Waals surface area contributed by atoms with E-state index in [1.54, 1.807) is 0 Å². The van der Waals surface area contributed by atoms with Crippen molar-refractivity contribution in [2.24, 2.45) is 5.92 Å². The van der Waals surface area contributed by atoms with Gasteiger partial charge in [-0.15, -0.1) is 0 Å². The summed E-state index contributed by atoms with van der Waals surface area (Å²) in [5.41, 5.74) is -0.128. The van der Waals surface area contributed by atoms with Crippen LogP contribution in [0, 0.1) is 17.6 Å². The number of aliphatic carboxylic acids is 1. The van der Waals surface area contributed by atoms with Crippen LogP contribution in [0.2, 0.25) is 0 Å². The van der Waals surface area contributed by atoms with Crippen molar-refractivity contribution >= 4 is 11.7 Å². The highest BCUT2D eigenvalue weighted by Crippen LogP contribution is 2.24. The molecular weight excluding hydrogens is 264 g/mol. The van der Waals surface area contributed by atoms with E-state index in [9.17, 15) is 13.6 Å². The molecule has 0 aliphatic heterocycles.